The predicted octanol–water partition coefficient (Wildman–Crippen LogP) is 5.14. The summed E-state index contributed by atoms with van der Waals surface area (Å²) >= 11 is 10.9. The topological polar surface area (TPSA) is 30.0 Å². The van der Waals surface area contributed by atoms with Crippen LogP contribution in [0.3, 0.4) is 0 Å². The average molecular weight is 367 g/mol. The first kappa shape index (κ1) is 13.7. The second-order valence-electron chi connectivity index (χ2n) is 4.33. The first-order chi connectivity index (χ1) is 9.61. The van der Waals surface area contributed by atoms with Crippen LogP contribution in [-0.2, 0) is 6.42 Å². The third-order valence-electron chi connectivity index (χ3n) is 2.83. The molecule has 20 heavy (non-hydrogen) atoms. The summed E-state index contributed by atoms with van der Waals surface area (Å²) in [4.78, 5) is 16.8. The number of para-hydroxylation sites is 1. The second-order valence-corrected chi connectivity index (χ2v) is 6.80. The summed E-state index contributed by atoms with van der Waals surface area (Å²) in [6, 6.07) is 13.1. The Kier molecular flexibility index (Phi) is 3.87. The molecule has 0 saturated heterocycles. The third kappa shape index (κ3) is 2.92. The molecule has 0 atom stereocenters. The van der Waals surface area contributed by atoms with Gasteiger partial charge in [0.25, 0.3) is 0 Å². The van der Waals surface area contributed by atoms with Gasteiger partial charge < -0.3 is 0 Å². The normalized spacial score (nSPS) is 10.9. The second kappa shape index (κ2) is 5.64. The highest BCUT2D eigenvalue weighted by atomic mass is 79.9. The number of halogens is 2. The molecule has 0 fully saturated rings. The van der Waals surface area contributed by atoms with Gasteiger partial charge in [-0.3, -0.25) is 4.79 Å². The number of carbonyl (C=O) groups excluding carboxylic acids is 1. The molecule has 1 aromatic heterocycles. The number of hydrogen-bond acceptors (Lipinski definition) is 3. The van der Waals surface area contributed by atoms with Gasteiger partial charge in [0.2, 0.25) is 0 Å². The highest BCUT2D eigenvalue weighted by molar-refractivity contribution is 9.10. The van der Waals surface area contributed by atoms with E-state index in [-0.39, 0.29) is 5.78 Å². The van der Waals surface area contributed by atoms with Crippen LogP contribution >= 0.6 is 38.9 Å². The highest BCUT2D eigenvalue weighted by Gasteiger charge is 2.12. The van der Waals surface area contributed by atoms with Crippen molar-refractivity contribution in [1.29, 1.82) is 0 Å². The zero-order valence-corrected chi connectivity index (χ0v) is 13.4. The Hall–Kier alpha value is -1.23. The zero-order chi connectivity index (χ0) is 14.1. The fourth-order valence-corrected chi connectivity index (χ4v) is 3.78. The maximum atomic E-state index is 12.3. The van der Waals surface area contributed by atoms with Gasteiger partial charge in [0.15, 0.2) is 5.78 Å². The van der Waals surface area contributed by atoms with E-state index in [1.165, 1.54) is 0 Å². The van der Waals surface area contributed by atoms with Gasteiger partial charge in [-0.1, -0.05) is 39.7 Å². The molecule has 0 N–H and O–H groups in total. The molecule has 0 aliphatic rings. The molecule has 0 aliphatic carbocycles. The van der Waals surface area contributed by atoms with Crippen molar-refractivity contribution in [3.8, 4) is 0 Å². The van der Waals surface area contributed by atoms with Gasteiger partial charge in [-0.05, 0) is 30.3 Å². The van der Waals surface area contributed by atoms with E-state index < -0.39 is 0 Å². The Balaban J connectivity index is 1.88. The lowest BCUT2D eigenvalue weighted by atomic mass is 10.1. The molecule has 0 radical (unpaired) electrons. The van der Waals surface area contributed by atoms with Crippen LogP contribution in [0, 0.1) is 0 Å². The predicted molar refractivity (Wildman–Crippen MR) is 86.8 cm³/mol. The molecule has 5 heteroatoms. The highest BCUT2D eigenvalue weighted by Crippen LogP contribution is 2.24. The van der Waals surface area contributed by atoms with Crippen LogP contribution in [0.1, 0.15) is 15.4 Å². The Morgan fingerprint density at radius 1 is 1.25 bits per heavy atom. The molecule has 0 aliphatic heterocycles. The first-order valence-electron chi connectivity index (χ1n) is 5.95. The number of nitrogens with zero attached hydrogens (tertiary/aromatic N) is 1. The monoisotopic (exact) mass is 365 g/mol. The van der Waals surface area contributed by atoms with Crippen molar-refractivity contribution < 1.29 is 4.79 Å². The lowest BCUT2D eigenvalue weighted by Gasteiger charge is -2.01. The van der Waals surface area contributed by atoms with Crippen LogP contribution in [-0.4, -0.2) is 10.8 Å². The lowest BCUT2D eigenvalue weighted by Crippen LogP contribution is -2.03. The quantitative estimate of drug-likeness (QED) is 0.601. The fraction of sp³-hybridized carbons (Fsp3) is 0.0667. The zero-order valence-electron chi connectivity index (χ0n) is 10.3. The summed E-state index contributed by atoms with van der Waals surface area (Å²) < 4.78 is 1.90. The van der Waals surface area contributed by atoms with Gasteiger partial charge in [-0.25, -0.2) is 4.98 Å². The number of aromatic nitrogens is 1. The minimum Gasteiger partial charge on any atom is -0.294 e. The van der Waals surface area contributed by atoms with E-state index in [1.807, 2.05) is 24.3 Å². The maximum absolute atomic E-state index is 12.3. The largest absolute Gasteiger partial charge is 0.294 e. The maximum Gasteiger partial charge on any atom is 0.169 e. The molecule has 1 heterocycles. The smallest absolute Gasteiger partial charge is 0.169 e. The summed E-state index contributed by atoms with van der Waals surface area (Å²) in [5.41, 5.74) is 1.54. The molecule has 0 amide bonds. The van der Waals surface area contributed by atoms with Crippen LogP contribution in [0.15, 0.2) is 46.9 Å². The van der Waals surface area contributed by atoms with E-state index in [4.69, 9.17) is 11.6 Å². The van der Waals surface area contributed by atoms with Crippen molar-refractivity contribution in [2.24, 2.45) is 0 Å². The number of ketones is 1. The molecular weight excluding hydrogens is 358 g/mol. The van der Waals surface area contributed by atoms with Crippen LogP contribution in [0.25, 0.3) is 10.2 Å². The number of carbonyl (C=O) groups is 1. The summed E-state index contributed by atoms with van der Waals surface area (Å²) in [5.74, 6) is 0.0206. The molecule has 3 rings (SSSR count). The van der Waals surface area contributed by atoms with Gasteiger partial charge in [0.05, 0.1) is 16.6 Å². The standard InChI is InChI=1S/C15H9BrClNOS/c16-10-5-9(6-11(17)7-10)13(19)8-15-18-12-3-1-2-4-14(12)20-15/h1-7H,8H2. The van der Waals surface area contributed by atoms with E-state index in [0.717, 1.165) is 19.7 Å². The Bertz CT molecular complexity index is 746. The molecule has 0 unspecified atom stereocenters. The van der Waals surface area contributed by atoms with Gasteiger partial charge >= 0.3 is 0 Å². The lowest BCUT2D eigenvalue weighted by molar-refractivity contribution is 0.0993. The van der Waals surface area contributed by atoms with E-state index >= 15 is 0 Å². The van der Waals surface area contributed by atoms with Gasteiger partial charge in [0, 0.05) is 15.1 Å². The number of Topliss-reactive ketones (excluding diaryl/α,β-unsaturated/α-hetero) is 1. The third-order valence-corrected chi connectivity index (χ3v) is 4.55. The molecular formula is C15H9BrClNOS. The Labute approximate surface area is 133 Å². The summed E-state index contributed by atoms with van der Waals surface area (Å²) in [6.07, 6.45) is 0.298. The van der Waals surface area contributed by atoms with Crippen molar-refractivity contribution in [2.45, 2.75) is 6.42 Å². The molecule has 3 aromatic rings. The number of hydrogen-bond donors (Lipinski definition) is 0. The van der Waals surface area contributed by atoms with Crippen molar-refractivity contribution in [3.63, 3.8) is 0 Å². The first-order valence-corrected chi connectivity index (χ1v) is 7.94. The molecule has 2 nitrogen and oxygen atoms in total. The Morgan fingerprint density at radius 2 is 2.05 bits per heavy atom. The number of benzene rings is 2. The van der Waals surface area contributed by atoms with Crippen molar-refractivity contribution in [2.75, 3.05) is 0 Å². The minimum atomic E-state index is 0.0206. The molecule has 0 bridgehead atoms. The van der Waals surface area contributed by atoms with E-state index in [9.17, 15) is 4.79 Å². The van der Waals surface area contributed by atoms with Crippen LogP contribution < -0.4 is 0 Å². The number of fused-ring (bicyclic) bond motifs is 1. The Morgan fingerprint density at radius 3 is 2.80 bits per heavy atom. The van der Waals surface area contributed by atoms with Crippen molar-refractivity contribution >= 4 is 54.9 Å². The van der Waals surface area contributed by atoms with E-state index in [0.29, 0.717) is 17.0 Å². The summed E-state index contributed by atoms with van der Waals surface area (Å²) in [5, 5.41) is 1.37. The van der Waals surface area contributed by atoms with E-state index in [2.05, 4.69) is 20.9 Å². The SMILES string of the molecule is O=C(Cc1nc2ccccc2s1)c1cc(Cl)cc(Br)c1. The molecule has 2 aromatic carbocycles. The van der Waals surface area contributed by atoms with Crippen LogP contribution in [0.2, 0.25) is 5.02 Å². The molecule has 0 saturated carbocycles. The van der Waals surface area contributed by atoms with Crippen molar-refractivity contribution in [1.82, 2.24) is 4.98 Å². The minimum absolute atomic E-state index is 0.0206. The van der Waals surface area contributed by atoms with Crippen molar-refractivity contribution in [3.05, 3.63) is 62.5 Å². The van der Waals surface area contributed by atoms with Gasteiger partial charge in [-0.2, -0.15) is 0 Å². The number of thiazole rings is 1. The number of rotatable bonds is 3. The summed E-state index contributed by atoms with van der Waals surface area (Å²) in [7, 11) is 0. The summed E-state index contributed by atoms with van der Waals surface area (Å²) in [6.45, 7) is 0. The molecule has 100 valence electrons. The fourth-order valence-electron chi connectivity index (χ4n) is 1.95. The van der Waals surface area contributed by atoms with Gasteiger partial charge in [0.1, 0.15) is 5.01 Å². The van der Waals surface area contributed by atoms with Crippen LogP contribution in [0.5, 0.6) is 0 Å². The van der Waals surface area contributed by atoms with Gasteiger partial charge in [-0.15, -0.1) is 11.3 Å². The van der Waals surface area contributed by atoms with Crippen LogP contribution in [0.4, 0.5) is 0 Å². The molecule has 0 spiro atoms. The average Bonchev–Trinajstić information content (AvgIpc) is 2.79. The van der Waals surface area contributed by atoms with E-state index in [1.54, 1.807) is 29.5 Å².